The second kappa shape index (κ2) is 9.56. The lowest BCUT2D eigenvalue weighted by atomic mass is 10.0. The highest BCUT2D eigenvalue weighted by molar-refractivity contribution is 5.76. The number of aryl methyl sites for hydroxylation is 1. The van der Waals surface area contributed by atoms with Gasteiger partial charge in [0.25, 0.3) is 5.69 Å². The highest BCUT2D eigenvalue weighted by atomic mass is 16.6. The van der Waals surface area contributed by atoms with E-state index in [1.54, 1.807) is 18.2 Å². The van der Waals surface area contributed by atoms with Crippen molar-refractivity contribution >= 4 is 17.3 Å². The first-order valence-corrected chi connectivity index (χ1v) is 8.84. The topological polar surface area (TPSA) is 84.3 Å². The monoisotopic (exact) mass is 355 g/mol. The smallest absolute Gasteiger partial charge is 0.292 e. The van der Waals surface area contributed by atoms with E-state index in [1.807, 2.05) is 38.1 Å². The molecule has 0 aliphatic heterocycles. The van der Waals surface area contributed by atoms with E-state index in [4.69, 9.17) is 0 Å². The van der Waals surface area contributed by atoms with Crippen LogP contribution in [0.5, 0.6) is 0 Å². The molecule has 2 N–H and O–H groups in total. The zero-order chi connectivity index (χ0) is 18.9. The van der Waals surface area contributed by atoms with Crippen LogP contribution in [0.15, 0.2) is 48.5 Å². The summed E-state index contributed by atoms with van der Waals surface area (Å²) in [4.78, 5) is 22.8. The van der Waals surface area contributed by atoms with Crippen LogP contribution in [0.1, 0.15) is 43.4 Å². The fourth-order valence-corrected chi connectivity index (χ4v) is 2.74. The summed E-state index contributed by atoms with van der Waals surface area (Å²) >= 11 is 0. The van der Waals surface area contributed by atoms with Crippen molar-refractivity contribution in [3.63, 3.8) is 0 Å². The Hall–Kier alpha value is -2.89. The van der Waals surface area contributed by atoms with Crippen LogP contribution in [0.2, 0.25) is 0 Å². The van der Waals surface area contributed by atoms with Gasteiger partial charge in [0.15, 0.2) is 0 Å². The number of hydrogen-bond acceptors (Lipinski definition) is 4. The molecule has 26 heavy (non-hydrogen) atoms. The third-order valence-corrected chi connectivity index (χ3v) is 4.22. The summed E-state index contributed by atoms with van der Waals surface area (Å²) < 4.78 is 0. The number of nitro benzene ring substituents is 1. The van der Waals surface area contributed by atoms with Gasteiger partial charge in [-0.3, -0.25) is 14.9 Å². The summed E-state index contributed by atoms with van der Waals surface area (Å²) in [5, 5.41) is 17.1. The van der Waals surface area contributed by atoms with Crippen LogP contribution in [-0.4, -0.2) is 17.4 Å². The quantitative estimate of drug-likeness (QED) is 0.397. The average Bonchev–Trinajstić information content (AvgIpc) is 2.64. The second-order valence-corrected chi connectivity index (χ2v) is 6.24. The molecule has 0 bridgehead atoms. The molecule has 2 aromatic carbocycles. The lowest BCUT2D eigenvalue weighted by Gasteiger charge is -2.18. The van der Waals surface area contributed by atoms with E-state index in [2.05, 4.69) is 10.6 Å². The molecule has 6 heteroatoms. The summed E-state index contributed by atoms with van der Waals surface area (Å²) in [6.07, 6.45) is 1.79. The summed E-state index contributed by atoms with van der Waals surface area (Å²) in [6, 6.07) is 14.7. The molecule has 0 saturated heterocycles. The summed E-state index contributed by atoms with van der Waals surface area (Å²) in [7, 11) is 0. The van der Waals surface area contributed by atoms with Gasteiger partial charge < -0.3 is 10.6 Å². The minimum Gasteiger partial charge on any atom is -0.379 e. The van der Waals surface area contributed by atoms with Gasteiger partial charge in [-0.05, 0) is 31.4 Å². The second-order valence-electron chi connectivity index (χ2n) is 6.24. The number of para-hydroxylation sites is 2. The van der Waals surface area contributed by atoms with Crippen LogP contribution in [0, 0.1) is 17.0 Å². The molecule has 0 aliphatic rings. The minimum atomic E-state index is -0.414. The van der Waals surface area contributed by atoms with Gasteiger partial charge in [-0.15, -0.1) is 0 Å². The van der Waals surface area contributed by atoms with Crippen molar-refractivity contribution in [2.24, 2.45) is 0 Å². The molecule has 2 aromatic rings. The lowest BCUT2D eigenvalue weighted by molar-refractivity contribution is -0.384. The van der Waals surface area contributed by atoms with Gasteiger partial charge in [-0.25, -0.2) is 0 Å². The zero-order valence-electron chi connectivity index (χ0n) is 15.2. The van der Waals surface area contributed by atoms with Crippen LogP contribution in [0.3, 0.4) is 0 Å². The molecule has 2 rings (SSSR count). The Bertz CT molecular complexity index is 744. The number of rotatable bonds is 9. The van der Waals surface area contributed by atoms with E-state index in [-0.39, 0.29) is 17.6 Å². The molecule has 0 heterocycles. The first-order chi connectivity index (χ1) is 12.5. The molecule has 138 valence electrons. The van der Waals surface area contributed by atoms with Crippen molar-refractivity contribution in [1.29, 1.82) is 0 Å². The third-order valence-electron chi connectivity index (χ3n) is 4.22. The van der Waals surface area contributed by atoms with Gasteiger partial charge in [0.2, 0.25) is 5.91 Å². The molecule has 0 fully saturated rings. The maximum Gasteiger partial charge on any atom is 0.292 e. The third kappa shape index (κ3) is 5.58. The number of nitrogens with one attached hydrogen (secondary N) is 2. The van der Waals surface area contributed by atoms with E-state index >= 15 is 0 Å². The Morgan fingerprint density at radius 3 is 2.50 bits per heavy atom. The highest BCUT2D eigenvalue weighted by Gasteiger charge is 2.13. The fourth-order valence-electron chi connectivity index (χ4n) is 2.74. The van der Waals surface area contributed by atoms with Crippen molar-refractivity contribution in [1.82, 2.24) is 5.32 Å². The Morgan fingerprint density at radius 1 is 1.15 bits per heavy atom. The number of nitrogens with zero attached hydrogens (tertiary/aromatic N) is 1. The van der Waals surface area contributed by atoms with Gasteiger partial charge in [0, 0.05) is 19.0 Å². The van der Waals surface area contributed by atoms with Gasteiger partial charge in [0.05, 0.1) is 11.0 Å². The number of benzene rings is 2. The fraction of sp³-hybridized carbons (Fsp3) is 0.350. The van der Waals surface area contributed by atoms with E-state index in [1.165, 1.54) is 11.6 Å². The molecule has 0 aromatic heterocycles. The predicted octanol–water partition coefficient (Wildman–Crippen LogP) is 4.36. The number of amides is 1. The minimum absolute atomic E-state index is 0.00581. The maximum absolute atomic E-state index is 12.2. The molecule has 0 aliphatic carbocycles. The van der Waals surface area contributed by atoms with Gasteiger partial charge in [0.1, 0.15) is 5.69 Å². The average molecular weight is 355 g/mol. The van der Waals surface area contributed by atoms with E-state index in [9.17, 15) is 14.9 Å². The largest absolute Gasteiger partial charge is 0.379 e. The Balaban J connectivity index is 1.80. The van der Waals surface area contributed by atoms with E-state index < -0.39 is 4.92 Å². The van der Waals surface area contributed by atoms with Crippen LogP contribution >= 0.6 is 0 Å². The van der Waals surface area contributed by atoms with Crippen LogP contribution in [0.25, 0.3) is 0 Å². The molecule has 0 radical (unpaired) electrons. The highest BCUT2D eigenvalue weighted by Crippen LogP contribution is 2.23. The van der Waals surface area contributed by atoms with E-state index in [0.29, 0.717) is 25.1 Å². The first kappa shape index (κ1) is 19.4. The molecule has 0 spiro atoms. The Kier molecular flexibility index (Phi) is 7.14. The SMILES string of the molecule is CCC(NC(=O)CCCNc1ccccc1[N+](=O)[O-])c1ccc(C)cc1. The zero-order valence-corrected chi connectivity index (χ0v) is 15.2. The van der Waals surface area contributed by atoms with Gasteiger partial charge in [-0.2, -0.15) is 0 Å². The number of hydrogen-bond donors (Lipinski definition) is 2. The number of nitro groups is 1. The van der Waals surface area contributed by atoms with E-state index in [0.717, 1.165) is 12.0 Å². The van der Waals surface area contributed by atoms with Crippen LogP contribution in [-0.2, 0) is 4.79 Å². The summed E-state index contributed by atoms with van der Waals surface area (Å²) in [5.41, 5.74) is 2.81. The molecular formula is C20H25N3O3. The molecule has 1 atom stereocenters. The van der Waals surface area contributed by atoms with Crippen molar-refractivity contribution in [2.45, 2.75) is 39.2 Å². The number of carbonyl (C=O) groups is 1. The molecule has 0 saturated carbocycles. The van der Waals surface area contributed by atoms with Crippen molar-refractivity contribution in [2.75, 3.05) is 11.9 Å². The van der Waals surface area contributed by atoms with Crippen molar-refractivity contribution < 1.29 is 9.72 Å². The molecule has 1 amide bonds. The van der Waals surface area contributed by atoms with Crippen molar-refractivity contribution in [3.05, 3.63) is 69.8 Å². The van der Waals surface area contributed by atoms with Crippen LogP contribution in [0.4, 0.5) is 11.4 Å². The summed E-state index contributed by atoms with van der Waals surface area (Å²) in [5.74, 6) is -0.0122. The number of anilines is 1. The lowest BCUT2D eigenvalue weighted by Crippen LogP contribution is -2.28. The molecule has 1 unspecified atom stereocenters. The predicted molar refractivity (Wildman–Crippen MR) is 103 cm³/mol. The molecular weight excluding hydrogens is 330 g/mol. The molecule has 6 nitrogen and oxygen atoms in total. The van der Waals surface area contributed by atoms with Crippen LogP contribution < -0.4 is 10.6 Å². The number of carbonyl (C=O) groups excluding carboxylic acids is 1. The first-order valence-electron chi connectivity index (χ1n) is 8.84. The standard InChI is InChI=1S/C20H25N3O3/c1-3-17(16-12-10-15(2)11-13-16)22-20(24)9-6-14-21-18-7-4-5-8-19(18)23(25)26/h4-5,7-8,10-13,17,21H,3,6,9,14H2,1-2H3,(H,22,24). The van der Waals surface area contributed by atoms with Crippen molar-refractivity contribution in [3.8, 4) is 0 Å². The Labute approximate surface area is 153 Å². The summed E-state index contributed by atoms with van der Waals surface area (Å²) in [6.45, 7) is 4.58. The van der Waals surface area contributed by atoms with Gasteiger partial charge >= 0.3 is 0 Å². The van der Waals surface area contributed by atoms with Gasteiger partial charge in [-0.1, -0.05) is 48.9 Å². The maximum atomic E-state index is 12.2. The normalized spacial score (nSPS) is 11.6. The Morgan fingerprint density at radius 2 is 1.85 bits per heavy atom.